The summed E-state index contributed by atoms with van der Waals surface area (Å²) >= 11 is 0. The molecule has 2 aromatic carbocycles. The van der Waals surface area contributed by atoms with Gasteiger partial charge in [-0.3, -0.25) is 0 Å². The van der Waals surface area contributed by atoms with Crippen LogP contribution in [0.3, 0.4) is 0 Å². The Morgan fingerprint density at radius 2 is 1.52 bits per heavy atom. The fraction of sp³-hybridized carbons (Fsp3) is 0.286. The molecule has 0 aliphatic carbocycles. The van der Waals surface area contributed by atoms with E-state index in [2.05, 4.69) is 98.0 Å². The molecule has 0 amide bonds. The van der Waals surface area contributed by atoms with Gasteiger partial charge < -0.3 is 4.90 Å². The molecule has 2 aromatic rings. The summed E-state index contributed by atoms with van der Waals surface area (Å²) in [6, 6.07) is 21.1. The van der Waals surface area contributed by atoms with E-state index in [0.717, 1.165) is 13.0 Å². The smallest absolute Gasteiger partial charge is 0.205 e. The fourth-order valence-corrected chi connectivity index (χ4v) is 2.67. The highest BCUT2D eigenvalue weighted by molar-refractivity contribution is 5.90. The first kappa shape index (κ1) is 17.0. The minimum atomic E-state index is 1.02. The molecular weight excluding hydrogens is 280 g/mol. The van der Waals surface area contributed by atoms with Crippen LogP contribution in [0.2, 0.25) is 0 Å². The van der Waals surface area contributed by atoms with Gasteiger partial charge in [-0.1, -0.05) is 43.3 Å². The third-order valence-electron chi connectivity index (χ3n) is 4.03. The fourth-order valence-electron chi connectivity index (χ4n) is 2.67. The number of hydrogen-bond acceptors (Lipinski definition) is 1. The molecule has 0 aromatic heterocycles. The zero-order valence-electron chi connectivity index (χ0n) is 14.7. The summed E-state index contributed by atoms with van der Waals surface area (Å²) in [4.78, 5) is 2.22. The third kappa shape index (κ3) is 4.56. The Morgan fingerprint density at radius 3 is 2.09 bits per heavy atom. The topological polar surface area (TPSA) is 6.25 Å². The van der Waals surface area contributed by atoms with Crippen molar-refractivity contribution in [3.05, 3.63) is 72.4 Å². The molecule has 2 heteroatoms. The first-order chi connectivity index (χ1) is 11.1. The predicted molar refractivity (Wildman–Crippen MR) is 101 cm³/mol. The first-order valence-electron chi connectivity index (χ1n) is 8.26. The van der Waals surface area contributed by atoms with E-state index < -0.39 is 0 Å². The average molecular weight is 307 g/mol. The summed E-state index contributed by atoms with van der Waals surface area (Å²) in [5.41, 5.74) is 4.94. The Labute approximate surface area is 140 Å². The van der Waals surface area contributed by atoms with E-state index in [4.69, 9.17) is 0 Å². The third-order valence-corrected chi connectivity index (χ3v) is 4.03. The summed E-state index contributed by atoms with van der Waals surface area (Å²) in [5.74, 6) is 0. The normalized spacial score (nSPS) is 12.8. The molecule has 2 nitrogen and oxygen atoms in total. The standard InChI is InChI=1S/C21H27N2/c1-5-16-23(21-14-10-7-11-15-21)19(3)17-18(2)22(4)20-12-8-6-9-13-20/h6-15,17H,5,16H2,1-4H3/q+1. The van der Waals surface area contributed by atoms with Crippen molar-refractivity contribution in [3.8, 4) is 0 Å². The molecule has 23 heavy (non-hydrogen) atoms. The number of benzene rings is 2. The lowest BCUT2D eigenvalue weighted by Crippen LogP contribution is -2.18. The minimum Gasteiger partial charge on any atom is -0.348 e. The highest BCUT2D eigenvalue weighted by Crippen LogP contribution is 2.17. The van der Waals surface area contributed by atoms with Crippen molar-refractivity contribution < 1.29 is 4.58 Å². The summed E-state index contributed by atoms with van der Waals surface area (Å²) in [6.07, 6.45) is 3.38. The van der Waals surface area contributed by atoms with E-state index in [-0.39, 0.29) is 0 Å². The molecule has 0 heterocycles. The van der Waals surface area contributed by atoms with Gasteiger partial charge in [0.1, 0.15) is 6.54 Å². The van der Waals surface area contributed by atoms with Gasteiger partial charge in [0.15, 0.2) is 5.71 Å². The second kappa shape index (κ2) is 8.33. The van der Waals surface area contributed by atoms with Crippen molar-refractivity contribution in [2.75, 3.05) is 18.5 Å². The van der Waals surface area contributed by atoms with Crippen LogP contribution in [0.4, 0.5) is 11.4 Å². The van der Waals surface area contributed by atoms with Gasteiger partial charge in [-0.05, 0) is 19.1 Å². The number of allylic oxidation sites excluding steroid dienone is 2. The van der Waals surface area contributed by atoms with Crippen LogP contribution >= 0.6 is 0 Å². The molecule has 0 saturated carbocycles. The molecule has 0 atom stereocenters. The van der Waals surface area contributed by atoms with Crippen molar-refractivity contribution >= 4 is 17.1 Å². The molecule has 0 unspecified atom stereocenters. The van der Waals surface area contributed by atoms with Gasteiger partial charge in [0.25, 0.3) is 0 Å². The quantitative estimate of drug-likeness (QED) is 0.522. The lowest BCUT2D eigenvalue weighted by molar-refractivity contribution is -0.440. The molecule has 2 rings (SSSR count). The lowest BCUT2D eigenvalue weighted by Gasteiger charge is -2.19. The first-order valence-corrected chi connectivity index (χ1v) is 8.26. The Balaban J connectivity index is 2.33. The summed E-state index contributed by atoms with van der Waals surface area (Å²) in [5, 5.41) is 0. The number of anilines is 1. The van der Waals surface area contributed by atoms with Gasteiger partial charge >= 0.3 is 0 Å². The molecule has 0 spiro atoms. The van der Waals surface area contributed by atoms with E-state index in [0.29, 0.717) is 0 Å². The SMILES string of the molecule is CCC/[N+](=C(C)\C=C(\C)N(C)c1ccccc1)c1ccccc1. The summed E-state index contributed by atoms with van der Waals surface area (Å²) in [6.45, 7) is 7.58. The van der Waals surface area contributed by atoms with Gasteiger partial charge in [-0.25, -0.2) is 0 Å². The van der Waals surface area contributed by atoms with Crippen molar-refractivity contribution in [2.24, 2.45) is 0 Å². The number of para-hydroxylation sites is 2. The van der Waals surface area contributed by atoms with E-state index >= 15 is 0 Å². The van der Waals surface area contributed by atoms with Crippen LogP contribution in [0.25, 0.3) is 0 Å². The van der Waals surface area contributed by atoms with Gasteiger partial charge in [-0.15, -0.1) is 0 Å². The predicted octanol–water partition coefficient (Wildman–Crippen LogP) is 5.24. The number of rotatable bonds is 6. The van der Waals surface area contributed by atoms with Crippen LogP contribution in [0, 0.1) is 0 Å². The Kier molecular flexibility index (Phi) is 6.16. The van der Waals surface area contributed by atoms with Crippen molar-refractivity contribution in [1.29, 1.82) is 0 Å². The van der Waals surface area contributed by atoms with E-state index in [1.165, 1.54) is 22.8 Å². The Bertz CT molecular complexity index is 670. The molecule has 0 aliphatic rings. The summed E-state index contributed by atoms with van der Waals surface area (Å²) < 4.78 is 2.38. The number of hydrogen-bond donors (Lipinski definition) is 0. The molecular formula is C21H27N2+. The van der Waals surface area contributed by atoms with Gasteiger partial charge in [0, 0.05) is 50.0 Å². The molecule has 0 saturated heterocycles. The molecule has 0 N–H and O–H groups in total. The van der Waals surface area contributed by atoms with E-state index in [9.17, 15) is 0 Å². The van der Waals surface area contributed by atoms with Gasteiger partial charge in [0.05, 0.1) is 0 Å². The van der Waals surface area contributed by atoms with E-state index in [1.807, 2.05) is 6.07 Å². The van der Waals surface area contributed by atoms with Crippen LogP contribution < -0.4 is 4.90 Å². The van der Waals surface area contributed by atoms with Crippen molar-refractivity contribution in [3.63, 3.8) is 0 Å². The van der Waals surface area contributed by atoms with Crippen LogP contribution in [0.5, 0.6) is 0 Å². The van der Waals surface area contributed by atoms with Crippen LogP contribution in [-0.4, -0.2) is 23.9 Å². The van der Waals surface area contributed by atoms with Crippen LogP contribution in [0.15, 0.2) is 72.4 Å². The van der Waals surface area contributed by atoms with Crippen molar-refractivity contribution in [2.45, 2.75) is 27.2 Å². The minimum absolute atomic E-state index is 1.02. The second-order valence-corrected chi connectivity index (χ2v) is 5.81. The van der Waals surface area contributed by atoms with Gasteiger partial charge in [0.2, 0.25) is 5.69 Å². The molecule has 0 fully saturated rings. The van der Waals surface area contributed by atoms with Crippen LogP contribution in [0.1, 0.15) is 27.2 Å². The zero-order chi connectivity index (χ0) is 16.7. The summed E-state index contributed by atoms with van der Waals surface area (Å²) in [7, 11) is 2.11. The molecule has 0 bridgehead atoms. The van der Waals surface area contributed by atoms with Gasteiger partial charge in [-0.2, -0.15) is 4.58 Å². The monoisotopic (exact) mass is 307 g/mol. The highest BCUT2D eigenvalue weighted by Gasteiger charge is 2.12. The lowest BCUT2D eigenvalue weighted by atomic mass is 10.2. The Hall–Kier alpha value is -2.35. The largest absolute Gasteiger partial charge is 0.348 e. The molecule has 0 radical (unpaired) electrons. The zero-order valence-corrected chi connectivity index (χ0v) is 14.7. The maximum atomic E-state index is 2.38. The average Bonchev–Trinajstić information content (AvgIpc) is 2.60. The molecule has 0 aliphatic heterocycles. The molecule has 120 valence electrons. The maximum absolute atomic E-state index is 2.38. The number of nitrogens with zero attached hydrogens (tertiary/aromatic N) is 2. The van der Waals surface area contributed by atoms with E-state index in [1.54, 1.807) is 0 Å². The van der Waals surface area contributed by atoms with Crippen molar-refractivity contribution in [1.82, 2.24) is 0 Å². The Morgan fingerprint density at radius 1 is 0.957 bits per heavy atom. The van der Waals surface area contributed by atoms with Crippen LogP contribution in [-0.2, 0) is 0 Å². The second-order valence-electron chi connectivity index (χ2n) is 5.81. The maximum Gasteiger partial charge on any atom is 0.205 e. The highest BCUT2D eigenvalue weighted by atomic mass is 15.1.